The van der Waals surface area contributed by atoms with Gasteiger partial charge in [-0.15, -0.1) is 13.2 Å². The van der Waals surface area contributed by atoms with Crippen LogP contribution in [0.1, 0.15) is 56.4 Å². The summed E-state index contributed by atoms with van der Waals surface area (Å²) in [6.07, 6.45) is -1.70. The van der Waals surface area contributed by atoms with Crippen molar-refractivity contribution in [3.05, 3.63) is 48.0 Å². The number of halogens is 3. The fourth-order valence-electron chi connectivity index (χ4n) is 5.30. The third-order valence-electron chi connectivity index (χ3n) is 6.42. The molecule has 1 fully saturated rings. The minimum Gasteiger partial charge on any atom is -0.406 e. The molecule has 2 atom stereocenters. The Labute approximate surface area is 203 Å². The van der Waals surface area contributed by atoms with E-state index in [-0.39, 0.29) is 23.1 Å². The number of carbonyl (C=O) groups excluding carboxylic acids is 1. The van der Waals surface area contributed by atoms with Crippen LogP contribution in [0.15, 0.2) is 42.5 Å². The molecule has 1 aromatic heterocycles. The largest absolute Gasteiger partial charge is 0.573 e. The predicted octanol–water partition coefficient (Wildman–Crippen LogP) is 6.77. The Bertz CT molecular complexity index is 1220. The summed E-state index contributed by atoms with van der Waals surface area (Å²) in [5.41, 5.74) is 2.91. The molecule has 188 valence electrons. The molecule has 3 aromatic rings. The Morgan fingerprint density at radius 3 is 2.43 bits per heavy atom. The van der Waals surface area contributed by atoms with E-state index in [9.17, 15) is 18.0 Å². The molecule has 2 aromatic carbocycles. The van der Waals surface area contributed by atoms with E-state index in [1.807, 2.05) is 12.1 Å². The van der Waals surface area contributed by atoms with Crippen LogP contribution in [-0.4, -0.2) is 40.8 Å². The second-order valence-electron chi connectivity index (χ2n) is 10.5. The number of amides is 1. The molecule has 0 aliphatic heterocycles. The fraction of sp³-hybridized carbons (Fsp3) is 0.462. The number of alkyl halides is 3. The first kappa shape index (κ1) is 24.9. The summed E-state index contributed by atoms with van der Waals surface area (Å²) < 4.78 is 43.7. The molecule has 0 unspecified atom stereocenters. The summed E-state index contributed by atoms with van der Waals surface area (Å²) >= 11 is 0. The summed E-state index contributed by atoms with van der Waals surface area (Å²) in [7, 11) is 3.43. The molecular formula is C26H31F3N4O2. The maximum absolute atomic E-state index is 12.6. The van der Waals surface area contributed by atoms with E-state index in [4.69, 9.17) is 4.98 Å². The topological polar surface area (TPSA) is 59.4 Å². The number of aromatic nitrogens is 2. The van der Waals surface area contributed by atoms with E-state index in [1.54, 1.807) is 20.2 Å². The summed E-state index contributed by atoms with van der Waals surface area (Å²) in [4.78, 5) is 19.0. The van der Waals surface area contributed by atoms with Crippen molar-refractivity contribution in [3.8, 4) is 5.75 Å². The van der Waals surface area contributed by atoms with Crippen molar-refractivity contribution in [3.63, 3.8) is 0 Å². The number of ether oxygens (including phenoxy) is 1. The van der Waals surface area contributed by atoms with Gasteiger partial charge in [0.15, 0.2) is 0 Å². The molecule has 0 saturated heterocycles. The van der Waals surface area contributed by atoms with Crippen molar-refractivity contribution >= 4 is 28.6 Å². The van der Waals surface area contributed by atoms with Gasteiger partial charge < -0.3 is 19.5 Å². The number of anilines is 2. The SMILES string of the molecule is C[C@H]1C[C@@H](n2c(Nc3ccc(OC(F)(F)F)cc3)nc3ccc(C(=O)N(C)C)cc32)CC(C)(C)C1. The van der Waals surface area contributed by atoms with Crippen molar-refractivity contribution in [1.82, 2.24) is 14.5 Å². The molecule has 1 aliphatic rings. The average Bonchev–Trinajstić information content (AvgIpc) is 3.09. The maximum atomic E-state index is 12.6. The summed E-state index contributed by atoms with van der Waals surface area (Å²) in [6.45, 7) is 6.78. The van der Waals surface area contributed by atoms with E-state index in [1.165, 1.54) is 29.2 Å². The number of rotatable bonds is 5. The highest BCUT2D eigenvalue weighted by Crippen LogP contribution is 2.46. The smallest absolute Gasteiger partial charge is 0.406 e. The van der Waals surface area contributed by atoms with Gasteiger partial charge in [0.05, 0.1) is 11.0 Å². The summed E-state index contributed by atoms with van der Waals surface area (Å²) in [5.74, 6) is 0.728. The standard InChI is InChI=1S/C26H31F3N4O2/c1-16-12-19(15-25(2,3)14-16)33-22-13-17(23(34)32(4)5)6-11-21(22)31-24(33)30-18-7-9-20(10-8-18)35-26(27,28)29/h6-11,13,16,19H,12,14-15H2,1-5H3,(H,30,31)/t16-,19+/m0/s1. The lowest BCUT2D eigenvalue weighted by Crippen LogP contribution is -2.30. The third kappa shape index (κ3) is 5.71. The van der Waals surface area contributed by atoms with E-state index in [0.29, 0.717) is 23.1 Å². The van der Waals surface area contributed by atoms with E-state index in [2.05, 4.69) is 35.4 Å². The zero-order chi connectivity index (χ0) is 25.5. The highest BCUT2D eigenvalue weighted by atomic mass is 19.4. The molecule has 0 radical (unpaired) electrons. The van der Waals surface area contributed by atoms with Crippen molar-refractivity contribution in [1.29, 1.82) is 0 Å². The van der Waals surface area contributed by atoms with Crippen LogP contribution in [0.2, 0.25) is 0 Å². The molecule has 1 heterocycles. The number of hydrogen-bond acceptors (Lipinski definition) is 4. The number of benzene rings is 2. The first-order valence-corrected chi connectivity index (χ1v) is 11.7. The Morgan fingerprint density at radius 1 is 1.14 bits per heavy atom. The van der Waals surface area contributed by atoms with Crippen molar-refractivity contribution < 1.29 is 22.7 Å². The molecule has 0 spiro atoms. The van der Waals surface area contributed by atoms with E-state index < -0.39 is 6.36 Å². The predicted molar refractivity (Wildman–Crippen MR) is 130 cm³/mol. The molecular weight excluding hydrogens is 457 g/mol. The van der Waals surface area contributed by atoms with Gasteiger partial charge >= 0.3 is 6.36 Å². The summed E-state index contributed by atoms with van der Waals surface area (Å²) in [6, 6.07) is 11.2. The average molecular weight is 489 g/mol. The highest BCUT2D eigenvalue weighted by molar-refractivity contribution is 5.97. The lowest BCUT2D eigenvalue weighted by Gasteiger charge is -2.40. The zero-order valence-electron chi connectivity index (χ0n) is 20.6. The Kier molecular flexibility index (Phi) is 6.46. The number of nitrogens with one attached hydrogen (secondary N) is 1. The Balaban J connectivity index is 1.76. The van der Waals surface area contributed by atoms with Crippen LogP contribution in [-0.2, 0) is 0 Å². The molecule has 1 amide bonds. The fourth-order valence-corrected chi connectivity index (χ4v) is 5.30. The highest BCUT2D eigenvalue weighted by Gasteiger charge is 2.35. The number of imidazole rings is 1. The number of hydrogen-bond donors (Lipinski definition) is 1. The zero-order valence-corrected chi connectivity index (χ0v) is 20.6. The molecule has 9 heteroatoms. The number of nitrogens with zero attached hydrogens (tertiary/aromatic N) is 3. The van der Waals surface area contributed by atoms with Gasteiger partial charge in [-0.05, 0) is 73.1 Å². The minimum atomic E-state index is -4.74. The van der Waals surface area contributed by atoms with Crippen LogP contribution >= 0.6 is 0 Å². The van der Waals surface area contributed by atoms with Gasteiger partial charge in [-0.2, -0.15) is 0 Å². The van der Waals surface area contributed by atoms with Crippen LogP contribution in [0, 0.1) is 11.3 Å². The first-order valence-electron chi connectivity index (χ1n) is 11.7. The van der Waals surface area contributed by atoms with Gasteiger partial charge in [-0.1, -0.05) is 20.8 Å². The molecule has 35 heavy (non-hydrogen) atoms. The van der Waals surface area contributed by atoms with Crippen LogP contribution in [0.5, 0.6) is 5.75 Å². The molecule has 6 nitrogen and oxygen atoms in total. The van der Waals surface area contributed by atoms with E-state index in [0.717, 1.165) is 30.3 Å². The number of carbonyl (C=O) groups is 1. The normalized spacial score (nSPS) is 20.0. The molecule has 0 bridgehead atoms. The van der Waals surface area contributed by atoms with Gasteiger partial charge in [0.1, 0.15) is 5.75 Å². The van der Waals surface area contributed by atoms with Gasteiger partial charge in [0, 0.05) is 31.4 Å². The molecule has 1 aliphatic carbocycles. The lowest BCUT2D eigenvalue weighted by atomic mass is 9.70. The second-order valence-corrected chi connectivity index (χ2v) is 10.5. The van der Waals surface area contributed by atoms with Crippen LogP contribution in [0.3, 0.4) is 0 Å². The monoisotopic (exact) mass is 488 g/mol. The Morgan fingerprint density at radius 2 is 1.83 bits per heavy atom. The first-order chi connectivity index (χ1) is 16.3. The minimum absolute atomic E-state index is 0.0910. The van der Waals surface area contributed by atoms with Crippen LogP contribution in [0.25, 0.3) is 11.0 Å². The molecule has 4 rings (SSSR count). The lowest BCUT2D eigenvalue weighted by molar-refractivity contribution is -0.274. The Hall–Kier alpha value is -3.23. The van der Waals surface area contributed by atoms with Crippen molar-refractivity contribution in [2.24, 2.45) is 11.3 Å². The van der Waals surface area contributed by atoms with Crippen molar-refractivity contribution in [2.75, 3.05) is 19.4 Å². The van der Waals surface area contributed by atoms with Crippen molar-refractivity contribution in [2.45, 2.75) is 52.4 Å². The second kappa shape index (κ2) is 9.09. The quantitative estimate of drug-likeness (QED) is 0.431. The van der Waals surface area contributed by atoms with Crippen LogP contribution < -0.4 is 10.1 Å². The third-order valence-corrected chi connectivity index (χ3v) is 6.42. The maximum Gasteiger partial charge on any atom is 0.573 e. The van der Waals surface area contributed by atoms with E-state index >= 15 is 0 Å². The van der Waals surface area contributed by atoms with Gasteiger partial charge in [-0.3, -0.25) is 4.79 Å². The molecule has 1 saturated carbocycles. The van der Waals surface area contributed by atoms with Gasteiger partial charge in [-0.25, -0.2) is 4.98 Å². The number of fused-ring (bicyclic) bond motifs is 1. The summed E-state index contributed by atoms with van der Waals surface area (Å²) in [5, 5.41) is 3.28. The van der Waals surface area contributed by atoms with Gasteiger partial charge in [0.2, 0.25) is 5.95 Å². The van der Waals surface area contributed by atoms with Crippen LogP contribution in [0.4, 0.5) is 24.8 Å². The van der Waals surface area contributed by atoms with Gasteiger partial charge in [0.25, 0.3) is 5.91 Å². The molecule has 1 N–H and O–H groups in total.